The van der Waals surface area contributed by atoms with Crippen molar-refractivity contribution in [1.82, 2.24) is 24.7 Å². The summed E-state index contributed by atoms with van der Waals surface area (Å²) in [5, 5.41) is 2.72. The van der Waals surface area contributed by atoms with Crippen molar-refractivity contribution in [2.75, 3.05) is 45.6 Å². The van der Waals surface area contributed by atoms with E-state index in [1.165, 1.54) is 29.4 Å². The minimum Gasteiger partial charge on any atom is -0.483 e. The molecule has 10 nitrogen and oxygen atoms in total. The number of aromatic nitrogens is 2. The van der Waals surface area contributed by atoms with Crippen molar-refractivity contribution in [3.05, 3.63) is 95.0 Å². The normalized spacial score (nSPS) is 16.0. The molecule has 1 fully saturated rings. The minimum absolute atomic E-state index is 0.106. The van der Waals surface area contributed by atoms with E-state index >= 15 is 0 Å². The van der Waals surface area contributed by atoms with Crippen LogP contribution in [0.25, 0.3) is 0 Å². The van der Waals surface area contributed by atoms with Crippen molar-refractivity contribution >= 4 is 23.5 Å². The second kappa shape index (κ2) is 14.1. The van der Waals surface area contributed by atoms with Gasteiger partial charge in [0.2, 0.25) is 5.91 Å². The van der Waals surface area contributed by atoms with Gasteiger partial charge in [-0.2, -0.15) is 13.2 Å². The highest BCUT2D eigenvalue weighted by Crippen LogP contribution is 2.33. The van der Waals surface area contributed by atoms with Gasteiger partial charge in [-0.25, -0.2) is 9.97 Å². The number of nitrogens with one attached hydrogen (secondary N) is 1. The maximum atomic E-state index is 13.6. The maximum Gasteiger partial charge on any atom is 0.416 e. The van der Waals surface area contributed by atoms with Crippen molar-refractivity contribution in [3.8, 4) is 5.75 Å². The maximum absolute atomic E-state index is 13.6. The van der Waals surface area contributed by atoms with E-state index in [1.807, 2.05) is 11.8 Å². The van der Waals surface area contributed by atoms with Gasteiger partial charge in [-0.3, -0.25) is 19.3 Å². The summed E-state index contributed by atoms with van der Waals surface area (Å²) in [5.74, 6) is -0.376. The Hall–Kier alpha value is -4.78. The van der Waals surface area contributed by atoms with Gasteiger partial charge in [-0.1, -0.05) is 18.7 Å². The first kappa shape index (κ1) is 34.1. The molecule has 2 aromatic heterocycles. The third-order valence-electron chi connectivity index (χ3n) is 7.69. The number of carbonyl (C=O) groups excluding carboxylic acids is 3. The van der Waals surface area contributed by atoms with E-state index in [0.29, 0.717) is 41.9 Å². The topological polar surface area (TPSA) is 108 Å². The fourth-order valence-electron chi connectivity index (χ4n) is 5.27. The van der Waals surface area contributed by atoms with E-state index in [-0.39, 0.29) is 41.7 Å². The van der Waals surface area contributed by atoms with Crippen molar-refractivity contribution in [1.29, 1.82) is 0 Å². The lowest BCUT2D eigenvalue weighted by Crippen LogP contribution is -2.54. The molecule has 46 heavy (non-hydrogen) atoms. The Morgan fingerprint density at radius 1 is 1.11 bits per heavy atom. The van der Waals surface area contributed by atoms with Crippen molar-refractivity contribution < 1.29 is 32.3 Å². The fourth-order valence-corrected chi connectivity index (χ4v) is 5.27. The van der Waals surface area contributed by atoms with Crippen LogP contribution in [0.4, 0.5) is 19.0 Å². The number of halogens is 3. The lowest BCUT2D eigenvalue weighted by Gasteiger charge is -2.40. The van der Waals surface area contributed by atoms with Crippen LogP contribution in [0, 0.1) is 13.8 Å². The number of hydrogen-bond acceptors (Lipinski definition) is 7. The predicted octanol–water partition coefficient (Wildman–Crippen LogP) is 4.91. The number of piperazine rings is 1. The molecule has 1 aliphatic rings. The molecule has 3 aromatic rings. The van der Waals surface area contributed by atoms with E-state index in [1.54, 1.807) is 51.0 Å². The molecule has 1 aromatic carbocycles. The first-order valence-electron chi connectivity index (χ1n) is 14.6. The number of carbonyl (C=O) groups is 3. The second-order valence-corrected chi connectivity index (χ2v) is 11.5. The molecule has 2 atom stereocenters. The Labute approximate surface area is 265 Å². The smallest absolute Gasteiger partial charge is 0.416 e. The summed E-state index contributed by atoms with van der Waals surface area (Å²) < 4.78 is 47.0. The van der Waals surface area contributed by atoms with Crippen LogP contribution in [0.2, 0.25) is 0 Å². The zero-order valence-electron chi connectivity index (χ0n) is 26.4. The largest absolute Gasteiger partial charge is 0.483 e. The quantitative estimate of drug-likeness (QED) is 0.332. The Balaban J connectivity index is 1.54. The number of benzene rings is 1. The molecule has 0 aliphatic carbocycles. The predicted molar refractivity (Wildman–Crippen MR) is 167 cm³/mol. The molecule has 1 aliphatic heterocycles. The molecule has 1 saturated heterocycles. The van der Waals surface area contributed by atoms with Crippen LogP contribution in [0.3, 0.4) is 0 Å². The van der Waals surface area contributed by atoms with Gasteiger partial charge in [-0.05, 0) is 67.8 Å². The Kier molecular flexibility index (Phi) is 10.5. The molecular formula is C33H37F3N6O4. The summed E-state index contributed by atoms with van der Waals surface area (Å²) in [5.41, 5.74) is 1.08. The van der Waals surface area contributed by atoms with Crippen molar-refractivity contribution in [2.45, 2.75) is 39.1 Å². The Bertz CT molecular complexity index is 1630. The van der Waals surface area contributed by atoms with E-state index in [4.69, 9.17) is 4.74 Å². The molecule has 0 unspecified atom stereocenters. The molecule has 13 heteroatoms. The highest BCUT2D eigenvalue weighted by Gasteiger charge is 2.33. The van der Waals surface area contributed by atoms with E-state index in [0.717, 1.165) is 12.1 Å². The van der Waals surface area contributed by atoms with Gasteiger partial charge in [0.25, 0.3) is 11.8 Å². The molecule has 3 amide bonds. The zero-order valence-corrected chi connectivity index (χ0v) is 26.4. The summed E-state index contributed by atoms with van der Waals surface area (Å²) in [4.78, 5) is 51.2. The molecular weight excluding hydrogens is 601 g/mol. The number of amides is 3. The summed E-state index contributed by atoms with van der Waals surface area (Å²) >= 11 is 0. The highest BCUT2D eigenvalue weighted by atomic mass is 19.4. The first-order valence-corrected chi connectivity index (χ1v) is 14.6. The molecule has 1 N–H and O–H groups in total. The van der Waals surface area contributed by atoms with Crippen LogP contribution in [0.5, 0.6) is 5.75 Å². The lowest BCUT2D eigenvalue weighted by atomic mass is 10.0. The number of hydrogen-bond donors (Lipinski definition) is 1. The summed E-state index contributed by atoms with van der Waals surface area (Å²) in [6.07, 6.45) is -1.35. The number of alkyl halides is 3. The molecule has 3 heterocycles. The lowest BCUT2D eigenvalue weighted by molar-refractivity contribution is -0.137. The average molecular weight is 639 g/mol. The van der Waals surface area contributed by atoms with Crippen LogP contribution in [0.15, 0.2) is 61.4 Å². The average Bonchev–Trinajstić information content (AvgIpc) is 3.00. The van der Waals surface area contributed by atoms with Gasteiger partial charge in [0.1, 0.15) is 23.4 Å². The van der Waals surface area contributed by atoms with E-state index < -0.39 is 23.8 Å². The zero-order chi connectivity index (χ0) is 33.8. The summed E-state index contributed by atoms with van der Waals surface area (Å²) in [6.45, 7) is 10.5. The van der Waals surface area contributed by atoms with E-state index in [9.17, 15) is 27.6 Å². The third kappa shape index (κ3) is 8.08. The number of nitrogens with zero attached hydrogens (tertiary/aromatic N) is 5. The SMILES string of the molecule is C=CC(=O)N1CCN(C[C@@H](Oc2cnc(C(=O)Nc3ncc(C(=O)N(C)C)cc3C)c(C)c2)c2cccc(C(F)(F)F)c2)C[C@H]1C. The van der Waals surface area contributed by atoms with Gasteiger partial charge in [0.15, 0.2) is 0 Å². The van der Waals surface area contributed by atoms with Gasteiger partial charge >= 0.3 is 6.18 Å². The summed E-state index contributed by atoms with van der Waals surface area (Å²) in [7, 11) is 3.26. The Morgan fingerprint density at radius 3 is 2.46 bits per heavy atom. The van der Waals surface area contributed by atoms with Gasteiger partial charge in [0, 0.05) is 52.5 Å². The van der Waals surface area contributed by atoms with Crippen molar-refractivity contribution in [3.63, 3.8) is 0 Å². The van der Waals surface area contributed by atoms with Crippen LogP contribution < -0.4 is 10.1 Å². The molecule has 0 spiro atoms. The van der Waals surface area contributed by atoms with Crippen molar-refractivity contribution in [2.24, 2.45) is 0 Å². The minimum atomic E-state index is -4.53. The standard InChI is InChI=1S/C33H37F3N6O4/c1-7-28(43)42-12-11-41(18-22(42)4)19-27(23-9-8-10-25(15-23)33(34,35)36)46-26-14-20(2)29(37-17-26)31(44)39-30-21(3)13-24(16-38-30)32(45)40(5)6/h7-10,13-17,22,27H,1,11-12,18-19H2,2-6H3,(H,38,39,44)/t22-,27-/m1/s1. The Morgan fingerprint density at radius 2 is 1.85 bits per heavy atom. The van der Waals surface area contributed by atoms with Crippen LogP contribution in [0.1, 0.15) is 56.1 Å². The van der Waals surface area contributed by atoms with Gasteiger partial charge in [-0.15, -0.1) is 0 Å². The van der Waals surface area contributed by atoms with Crippen LogP contribution in [-0.4, -0.2) is 88.7 Å². The molecule has 4 rings (SSSR count). The number of rotatable bonds is 9. The third-order valence-corrected chi connectivity index (χ3v) is 7.69. The molecule has 0 bridgehead atoms. The molecule has 244 valence electrons. The summed E-state index contributed by atoms with van der Waals surface area (Å²) in [6, 6.07) is 8.10. The van der Waals surface area contributed by atoms with Gasteiger partial charge < -0.3 is 19.9 Å². The fraction of sp³-hybridized carbons (Fsp3) is 0.364. The van der Waals surface area contributed by atoms with Gasteiger partial charge in [0.05, 0.1) is 17.3 Å². The number of ether oxygens (including phenoxy) is 1. The van der Waals surface area contributed by atoms with Crippen LogP contribution in [-0.2, 0) is 11.0 Å². The number of anilines is 1. The molecule has 0 radical (unpaired) electrons. The first-order chi connectivity index (χ1) is 21.7. The molecule has 0 saturated carbocycles. The number of aryl methyl sites for hydroxylation is 2. The monoisotopic (exact) mass is 638 g/mol. The number of pyridine rings is 2. The highest BCUT2D eigenvalue weighted by molar-refractivity contribution is 6.04. The second-order valence-electron chi connectivity index (χ2n) is 11.5. The van der Waals surface area contributed by atoms with Crippen LogP contribution >= 0.6 is 0 Å². The van der Waals surface area contributed by atoms with E-state index in [2.05, 4.69) is 21.9 Å².